The van der Waals surface area contributed by atoms with Crippen LogP contribution in [0.1, 0.15) is 42.9 Å². The van der Waals surface area contributed by atoms with Crippen LogP contribution in [0.4, 0.5) is 30.7 Å². The molecule has 0 saturated heterocycles. The lowest BCUT2D eigenvalue weighted by atomic mass is 10.1. The summed E-state index contributed by atoms with van der Waals surface area (Å²) in [6.45, 7) is 2.07. The van der Waals surface area contributed by atoms with Gasteiger partial charge in [0.25, 0.3) is 0 Å². The van der Waals surface area contributed by atoms with Crippen molar-refractivity contribution in [2.24, 2.45) is 0 Å². The van der Waals surface area contributed by atoms with Crippen LogP contribution in [0.3, 0.4) is 0 Å². The van der Waals surface area contributed by atoms with E-state index < -0.39 is 35.6 Å². The minimum absolute atomic E-state index is 0.347. The lowest BCUT2D eigenvalue weighted by Gasteiger charge is -2.21. The van der Waals surface area contributed by atoms with E-state index in [1.807, 2.05) is 0 Å². The van der Waals surface area contributed by atoms with Gasteiger partial charge in [-0.05, 0) is 79.1 Å². The molecular weight excluding hydrogens is 493 g/mol. The number of ether oxygens (including phenoxy) is 3. The Morgan fingerprint density at radius 3 is 1.33 bits per heavy atom. The number of halogens is 7. The maximum absolute atomic E-state index is 14.6. The van der Waals surface area contributed by atoms with Gasteiger partial charge in [0.1, 0.15) is 17.2 Å². The molecule has 0 aromatic heterocycles. The molecule has 0 saturated carbocycles. The van der Waals surface area contributed by atoms with E-state index >= 15 is 0 Å². The Balaban J connectivity index is 1.63. The molecule has 10 heteroatoms. The van der Waals surface area contributed by atoms with Gasteiger partial charge in [-0.2, -0.15) is 17.6 Å². The number of hydrogen-bond acceptors (Lipinski definition) is 3. The van der Waals surface area contributed by atoms with Crippen LogP contribution in [0.5, 0.6) is 17.2 Å². The van der Waals surface area contributed by atoms with Crippen molar-refractivity contribution in [3.8, 4) is 17.2 Å². The first kappa shape index (κ1) is 27.2. The van der Waals surface area contributed by atoms with E-state index in [0.717, 1.165) is 79.8 Å². The lowest BCUT2D eigenvalue weighted by molar-refractivity contribution is -0.274. The molecule has 0 bridgehead atoms. The predicted molar refractivity (Wildman–Crippen MR) is 118 cm³/mol. The van der Waals surface area contributed by atoms with Gasteiger partial charge in [-0.3, -0.25) is 0 Å². The fourth-order valence-electron chi connectivity index (χ4n) is 3.28. The number of alkyl halides is 7. The smallest absolute Gasteiger partial charge is 0.429 e. The molecule has 36 heavy (non-hydrogen) atoms. The van der Waals surface area contributed by atoms with Crippen LogP contribution in [-0.4, -0.2) is 6.36 Å². The van der Waals surface area contributed by atoms with E-state index in [9.17, 15) is 30.7 Å². The van der Waals surface area contributed by atoms with E-state index in [4.69, 9.17) is 4.74 Å². The van der Waals surface area contributed by atoms with Crippen LogP contribution >= 0.6 is 0 Å². The van der Waals surface area contributed by atoms with Crippen LogP contribution < -0.4 is 14.2 Å². The summed E-state index contributed by atoms with van der Waals surface area (Å²) in [7, 11) is 0. The topological polar surface area (TPSA) is 27.7 Å². The molecule has 0 N–H and O–H groups in total. The van der Waals surface area contributed by atoms with Gasteiger partial charge in [-0.15, -0.1) is 13.2 Å². The highest BCUT2D eigenvalue weighted by Gasteiger charge is 2.37. The standard InChI is InChI=1S/C26H23F7O3/c1-2-3-4-5-18-6-8-19(9-7-18)24(27,28)34-21-12-10-20(11-13-21)25(29,30)35-22-14-16-23(17-15-22)36-26(31,32)33/h6-17H,2-5H2,1H3. The second kappa shape index (κ2) is 11.1. The number of hydrogen-bond donors (Lipinski definition) is 0. The van der Waals surface area contributed by atoms with Crippen molar-refractivity contribution in [3.05, 3.63) is 89.5 Å². The summed E-state index contributed by atoms with van der Waals surface area (Å²) in [5.41, 5.74) is -0.125. The van der Waals surface area contributed by atoms with Crippen molar-refractivity contribution < 1.29 is 44.9 Å². The van der Waals surface area contributed by atoms with Crippen LogP contribution in [0, 0.1) is 0 Å². The molecule has 0 unspecified atom stereocenters. The largest absolute Gasteiger partial charge is 0.573 e. The Morgan fingerprint density at radius 2 is 0.917 bits per heavy atom. The molecule has 0 spiro atoms. The summed E-state index contributed by atoms with van der Waals surface area (Å²) < 4.78 is 108. The lowest BCUT2D eigenvalue weighted by Crippen LogP contribution is -2.23. The van der Waals surface area contributed by atoms with E-state index in [0.29, 0.717) is 0 Å². The first-order valence-corrected chi connectivity index (χ1v) is 11.1. The fraction of sp³-hybridized carbons (Fsp3) is 0.308. The second-order valence-corrected chi connectivity index (χ2v) is 7.94. The Hall–Kier alpha value is -3.43. The fourth-order valence-corrected chi connectivity index (χ4v) is 3.28. The minimum Gasteiger partial charge on any atom is -0.429 e. The van der Waals surface area contributed by atoms with Crippen LogP contribution in [-0.2, 0) is 18.6 Å². The first-order chi connectivity index (χ1) is 16.9. The monoisotopic (exact) mass is 516 g/mol. The third kappa shape index (κ3) is 7.79. The van der Waals surface area contributed by atoms with Gasteiger partial charge in [-0.25, -0.2) is 0 Å². The van der Waals surface area contributed by atoms with Gasteiger partial charge in [0.15, 0.2) is 0 Å². The summed E-state index contributed by atoms with van der Waals surface area (Å²) in [4.78, 5) is 0. The van der Waals surface area contributed by atoms with Crippen molar-refractivity contribution in [2.75, 3.05) is 0 Å². The summed E-state index contributed by atoms with van der Waals surface area (Å²) in [5.74, 6) is -1.38. The third-order valence-electron chi connectivity index (χ3n) is 5.10. The Morgan fingerprint density at radius 1 is 0.528 bits per heavy atom. The highest BCUT2D eigenvalue weighted by Crippen LogP contribution is 2.36. The number of unbranched alkanes of at least 4 members (excludes halogenated alkanes) is 2. The summed E-state index contributed by atoms with van der Waals surface area (Å²) in [6.07, 6.45) is -8.68. The van der Waals surface area contributed by atoms with Crippen molar-refractivity contribution >= 4 is 0 Å². The van der Waals surface area contributed by atoms with Crippen molar-refractivity contribution in [2.45, 2.75) is 51.2 Å². The molecule has 0 heterocycles. The molecule has 3 aromatic carbocycles. The first-order valence-electron chi connectivity index (χ1n) is 11.1. The minimum atomic E-state index is -4.93. The van der Waals surface area contributed by atoms with Crippen molar-refractivity contribution in [3.63, 3.8) is 0 Å². The zero-order valence-corrected chi connectivity index (χ0v) is 19.1. The van der Waals surface area contributed by atoms with Crippen LogP contribution in [0.15, 0.2) is 72.8 Å². The maximum Gasteiger partial charge on any atom is 0.573 e. The quantitative estimate of drug-likeness (QED) is 0.189. The Labute approximate surface area is 203 Å². The zero-order valence-electron chi connectivity index (χ0n) is 19.1. The average Bonchev–Trinajstić information content (AvgIpc) is 2.80. The predicted octanol–water partition coefficient (Wildman–Crippen LogP) is 8.57. The van der Waals surface area contributed by atoms with Gasteiger partial charge in [0.05, 0.1) is 11.1 Å². The molecule has 0 amide bonds. The molecule has 0 aliphatic carbocycles. The molecule has 3 aromatic rings. The van der Waals surface area contributed by atoms with E-state index in [1.165, 1.54) is 12.1 Å². The van der Waals surface area contributed by atoms with Crippen LogP contribution in [0.25, 0.3) is 0 Å². The van der Waals surface area contributed by atoms with Gasteiger partial charge < -0.3 is 14.2 Å². The SMILES string of the molecule is CCCCCc1ccc(C(F)(F)Oc2ccc(C(F)(F)Oc3ccc(OC(F)(F)F)cc3)cc2)cc1. The van der Waals surface area contributed by atoms with Gasteiger partial charge >= 0.3 is 18.6 Å². The average molecular weight is 516 g/mol. The summed E-state index contributed by atoms with van der Waals surface area (Å²) in [5, 5.41) is 0. The second-order valence-electron chi connectivity index (χ2n) is 7.94. The molecule has 3 nitrogen and oxygen atoms in total. The zero-order chi connectivity index (χ0) is 26.4. The molecule has 0 radical (unpaired) electrons. The summed E-state index contributed by atoms with van der Waals surface area (Å²) >= 11 is 0. The molecule has 0 aliphatic heterocycles. The number of rotatable bonds is 11. The molecule has 0 atom stereocenters. The summed E-state index contributed by atoms with van der Waals surface area (Å²) in [6, 6.07) is 12.7. The third-order valence-corrected chi connectivity index (χ3v) is 5.10. The highest BCUT2D eigenvalue weighted by atomic mass is 19.4. The van der Waals surface area contributed by atoms with E-state index in [1.54, 1.807) is 12.1 Å². The molecule has 194 valence electrons. The molecular formula is C26H23F7O3. The van der Waals surface area contributed by atoms with Gasteiger partial charge in [-0.1, -0.05) is 31.9 Å². The molecule has 3 rings (SSSR count). The van der Waals surface area contributed by atoms with Gasteiger partial charge in [0.2, 0.25) is 0 Å². The molecule has 0 aliphatic rings. The highest BCUT2D eigenvalue weighted by molar-refractivity contribution is 5.34. The normalized spacial score (nSPS) is 12.3. The van der Waals surface area contributed by atoms with Crippen molar-refractivity contribution in [1.82, 2.24) is 0 Å². The molecule has 0 fully saturated rings. The Bertz CT molecular complexity index is 1090. The maximum atomic E-state index is 14.6. The number of aryl methyl sites for hydroxylation is 1. The Kier molecular flexibility index (Phi) is 8.37. The van der Waals surface area contributed by atoms with Crippen LogP contribution in [0.2, 0.25) is 0 Å². The van der Waals surface area contributed by atoms with Gasteiger partial charge in [0, 0.05) is 0 Å². The van der Waals surface area contributed by atoms with E-state index in [2.05, 4.69) is 16.4 Å². The van der Waals surface area contributed by atoms with E-state index in [-0.39, 0.29) is 11.3 Å². The number of benzene rings is 3. The van der Waals surface area contributed by atoms with Crippen molar-refractivity contribution in [1.29, 1.82) is 0 Å².